The molecule has 26 heavy (non-hydrogen) atoms. The largest absolute Gasteiger partial charge is 0.306 e. The van der Waals surface area contributed by atoms with Gasteiger partial charge in [-0.1, -0.05) is 57.4 Å². The second kappa shape index (κ2) is 6.49. The van der Waals surface area contributed by atoms with Crippen LogP contribution in [0, 0.1) is 20.8 Å². The van der Waals surface area contributed by atoms with Gasteiger partial charge in [-0.2, -0.15) is 0 Å². The Balaban J connectivity index is 1.99. The highest BCUT2D eigenvalue weighted by Gasteiger charge is 2.19. The summed E-state index contributed by atoms with van der Waals surface area (Å²) in [5.74, 6) is 0.613. The number of rotatable bonds is 2. The van der Waals surface area contributed by atoms with E-state index < -0.39 is 0 Å². The number of thiophene rings is 1. The summed E-state index contributed by atoms with van der Waals surface area (Å²) in [6.45, 7) is 6.13. The lowest BCUT2D eigenvalue weighted by Crippen LogP contribution is -2.09. The van der Waals surface area contributed by atoms with Gasteiger partial charge < -0.3 is 4.98 Å². The smallest absolute Gasteiger partial charge is 0.260 e. The van der Waals surface area contributed by atoms with Crippen molar-refractivity contribution in [1.82, 2.24) is 9.97 Å². The van der Waals surface area contributed by atoms with E-state index in [1.165, 1.54) is 0 Å². The Labute approximate surface area is 163 Å². The van der Waals surface area contributed by atoms with E-state index in [9.17, 15) is 4.79 Å². The van der Waals surface area contributed by atoms with Crippen LogP contribution in [0.1, 0.15) is 16.0 Å². The van der Waals surface area contributed by atoms with Crippen LogP contribution in [-0.2, 0) is 0 Å². The van der Waals surface area contributed by atoms with Crippen molar-refractivity contribution >= 4 is 37.5 Å². The predicted molar refractivity (Wildman–Crippen MR) is 113 cm³/mol. The predicted octanol–water partition coefficient (Wildman–Crippen LogP) is 6.01. The zero-order chi connectivity index (χ0) is 18.4. The molecule has 0 spiro atoms. The van der Waals surface area contributed by atoms with Gasteiger partial charge in [0.05, 0.1) is 5.39 Å². The fourth-order valence-electron chi connectivity index (χ4n) is 3.20. The molecule has 0 atom stereocenters. The van der Waals surface area contributed by atoms with Gasteiger partial charge in [0, 0.05) is 20.5 Å². The Morgan fingerprint density at radius 2 is 1.81 bits per heavy atom. The molecule has 2 heterocycles. The van der Waals surface area contributed by atoms with E-state index in [1.807, 2.05) is 44.2 Å². The van der Waals surface area contributed by atoms with Gasteiger partial charge in [0.2, 0.25) is 0 Å². The molecule has 0 radical (unpaired) electrons. The fourth-order valence-corrected chi connectivity index (χ4v) is 4.69. The average Bonchev–Trinajstić information content (AvgIpc) is 2.93. The third-order valence-corrected chi connectivity index (χ3v) is 6.11. The number of aromatic amines is 1. The molecule has 0 bridgehead atoms. The summed E-state index contributed by atoms with van der Waals surface area (Å²) in [4.78, 5) is 22.5. The molecule has 0 aliphatic heterocycles. The minimum atomic E-state index is -0.0979. The molecule has 0 fully saturated rings. The summed E-state index contributed by atoms with van der Waals surface area (Å²) in [5.41, 5.74) is 5.11. The second-order valence-electron chi connectivity index (χ2n) is 6.48. The van der Waals surface area contributed by atoms with Crippen LogP contribution in [0.25, 0.3) is 32.7 Å². The first-order valence-electron chi connectivity index (χ1n) is 8.31. The molecule has 1 N–H and O–H groups in total. The van der Waals surface area contributed by atoms with Crippen molar-refractivity contribution in [3.8, 4) is 22.5 Å². The summed E-state index contributed by atoms with van der Waals surface area (Å²) >= 11 is 5.19. The number of nitrogens with one attached hydrogen (secondary N) is 1. The molecule has 0 aliphatic rings. The molecule has 2 aromatic carbocycles. The maximum Gasteiger partial charge on any atom is 0.260 e. The van der Waals surface area contributed by atoms with Crippen LogP contribution in [-0.4, -0.2) is 9.97 Å². The lowest BCUT2D eigenvalue weighted by Gasteiger charge is -2.07. The van der Waals surface area contributed by atoms with Crippen molar-refractivity contribution in [2.24, 2.45) is 0 Å². The summed E-state index contributed by atoms with van der Waals surface area (Å²) < 4.78 is 0.980. The molecule has 0 amide bonds. The summed E-state index contributed by atoms with van der Waals surface area (Å²) in [6, 6.07) is 14.2. The van der Waals surface area contributed by atoms with Crippen LogP contribution in [0.4, 0.5) is 0 Å². The van der Waals surface area contributed by atoms with Crippen LogP contribution in [0.15, 0.2) is 51.7 Å². The maximum atomic E-state index is 13.0. The monoisotopic (exact) mass is 424 g/mol. The molecular weight excluding hydrogens is 408 g/mol. The number of hydrogen-bond acceptors (Lipinski definition) is 3. The van der Waals surface area contributed by atoms with E-state index in [4.69, 9.17) is 4.98 Å². The first-order valence-corrected chi connectivity index (χ1v) is 9.92. The van der Waals surface area contributed by atoms with Gasteiger partial charge >= 0.3 is 0 Å². The van der Waals surface area contributed by atoms with E-state index in [0.717, 1.165) is 42.0 Å². The van der Waals surface area contributed by atoms with Crippen molar-refractivity contribution in [3.05, 3.63) is 73.3 Å². The Kier molecular flexibility index (Phi) is 4.29. The molecule has 3 nitrogen and oxygen atoms in total. The number of nitrogens with zero attached hydrogens (tertiary/aromatic N) is 1. The minimum absolute atomic E-state index is 0.0979. The number of hydrogen-bond donors (Lipinski definition) is 1. The van der Waals surface area contributed by atoms with Gasteiger partial charge in [-0.15, -0.1) is 11.3 Å². The van der Waals surface area contributed by atoms with E-state index in [0.29, 0.717) is 11.2 Å². The normalized spacial score (nSPS) is 11.2. The van der Waals surface area contributed by atoms with Crippen LogP contribution in [0.5, 0.6) is 0 Å². The fraction of sp³-hybridized carbons (Fsp3) is 0.143. The van der Waals surface area contributed by atoms with E-state index >= 15 is 0 Å². The Bertz CT molecular complexity index is 1210. The minimum Gasteiger partial charge on any atom is -0.306 e. The van der Waals surface area contributed by atoms with Crippen LogP contribution < -0.4 is 5.56 Å². The lowest BCUT2D eigenvalue weighted by molar-refractivity contribution is 1.19. The number of aromatic nitrogens is 2. The standard InChI is InChI=1S/C21H17BrN2OS/c1-11-5-4-6-14(9-11)19-23-20(25)18-17(13(3)26-21(18)24-19)15-10-12(2)7-8-16(15)22/h4-10H,1-3H3,(H,23,24,25). The highest BCUT2D eigenvalue weighted by atomic mass is 79.9. The average molecular weight is 425 g/mol. The van der Waals surface area contributed by atoms with Crippen molar-refractivity contribution in [2.45, 2.75) is 20.8 Å². The summed E-state index contributed by atoms with van der Waals surface area (Å²) in [5, 5.41) is 0.662. The molecule has 0 saturated carbocycles. The van der Waals surface area contributed by atoms with Crippen molar-refractivity contribution in [1.29, 1.82) is 0 Å². The van der Waals surface area contributed by atoms with Crippen molar-refractivity contribution < 1.29 is 0 Å². The highest BCUT2D eigenvalue weighted by Crippen LogP contribution is 2.39. The first kappa shape index (κ1) is 17.2. The van der Waals surface area contributed by atoms with Gasteiger partial charge in [0.15, 0.2) is 0 Å². The Hall–Kier alpha value is -2.24. The van der Waals surface area contributed by atoms with Gasteiger partial charge in [-0.05, 0) is 38.5 Å². The topological polar surface area (TPSA) is 45.8 Å². The number of fused-ring (bicyclic) bond motifs is 1. The summed E-state index contributed by atoms with van der Waals surface area (Å²) in [6.07, 6.45) is 0. The molecular formula is C21H17BrN2OS. The van der Waals surface area contributed by atoms with Gasteiger partial charge in [0.1, 0.15) is 10.7 Å². The third kappa shape index (κ3) is 2.91. The summed E-state index contributed by atoms with van der Waals surface area (Å²) in [7, 11) is 0. The Morgan fingerprint density at radius 1 is 1.04 bits per heavy atom. The SMILES string of the molecule is Cc1cccc(-c2nc3sc(C)c(-c4cc(C)ccc4Br)c3c(=O)[nH]2)c1. The molecule has 4 rings (SSSR count). The van der Waals surface area contributed by atoms with Crippen LogP contribution in [0.3, 0.4) is 0 Å². The number of benzene rings is 2. The third-order valence-electron chi connectivity index (χ3n) is 4.42. The van der Waals surface area contributed by atoms with Crippen molar-refractivity contribution in [2.75, 3.05) is 0 Å². The Morgan fingerprint density at radius 3 is 2.58 bits per heavy atom. The molecule has 2 aromatic heterocycles. The van der Waals surface area contributed by atoms with Crippen LogP contribution in [0.2, 0.25) is 0 Å². The molecule has 5 heteroatoms. The van der Waals surface area contributed by atoms with Crippen molar-refractivity contribution in [3.63, 3.8) is 0 Å². The van der Waals surface area contributed by atoms with Gasteiger partial charge in [0.25, 0.3) is 5.56 Å². The number of H-pyrrole nitrogens is 1. The van der Waals surface area contributed by atoms with E-state index in [-0.39, 0.29) is 5.56 Å². The zero-order valence-electron chi connectivity index (χ0n) is 14.7. The van der Waals surface area contributed by atoms with E-state index in [1.54, 1.807) is 11.3 Å². The quantitative estimate of drug-likeness (QED) is 0.428. The lowest BCUT2D eigenvalue weighted by atomic mass is 10.0. The molecule has 0 unspecified atom stereocenters. The maximum absolute atomic E-state index is 13.0. The number of halogens is 1. The molecule has 0 aliphatic carbocycles. The van der Waals surface area contributed by atoms with Crippen LogP contribution >= 0.6 is 27.3 Å². The van der Waals surface area contributed by atoms with Gasteiger partial charge in [-0.3, -0.25) is 4.79 Å². The molecule has 4 aromatic rings. The molecule has 0 saturated heterocycles. The number of aryl methyl sites for hydroxylation is 3. The zero-order valence-corrected chi connectivity index (χ0v) is 17.1. The highest BCUT2D eigenvalue weighted by molar-refractivity contribution is 9.10. The second-order valence-corrected chi connectivity index (χ2v) is 8.54. The van der Waals surface area contributed by atoms with E-state index in [2.05, 4.69) is 40.0 Å². The first-order chi connectivity index (χ1) is 12.4. The molecule has 130 valence electrons. The van der Waals surface area contributed by atoms with Gasteiger partial charge in [-0.25, -0.2) is 4.98 Å².